The first-order valence-electron chi connectivity index (χ1n) is 5.73. The molecule has 0 aliphatic heterocycles. The molecule has 0 aliphatic carbocycles. The third kappa shape index (κ3) is 6.09. The molecule has 0 bridgehead atoms. The number of thiocarbonyl (C=S) groups is 1. The van der Waals surface area contributed by atoms with Crippen LogP contribution in [-0.4, -0.2) is 32.3 Å². The van der Waals surface area contributed by atoms with Crippen LogP contribution in [0.1, 0.15) is 5.56 Å². The molecule has 0 radical (unpaired) electrons. The van der Waals surface area contributed by atoms with Crippen molar-refractivity contribution in [1.82, 2.24) is 10.7 Å². The van der Waals surface area contributed by atoms with Crippen molar-refractivity contribution in [2.45, 2.75) is 6.92 Å². The summed E-state index contributed by atoms with van der Waals surface area (Å²) in [5, 5.41) is 3.75. The van der Waals surface area contributed by atoms with Crippen LogP contribution in [-0.2, 0) is 0 Å². The van der Waals surface area contributed by atoms with Gasteiger partial charge in [0, 0.05) is 0 Å². The molecule has 0 amide bonds. The van der Waals surface area contributed by atoms with Gasteiger partial charge in [-0.15, -0.1) is 0 Å². The zero-order chi connectivity index (χ0) is 12.7. The molecule has 1 aromatic rings. The monoisotopic (exact) mass is 253 g/mol. The summed E-state index contributed by atoms with van der Waals surface area (Å²) in [7, 11) is 4.23. The van der Waals surface area contributed by atoms with Gasteiger partial charge in [-0.1, -0.05) is 12.1 Å². The molecule has 0 atom stereocenters. The topological polar surface area (TPSA) is 40.5 Å². The van der Waals surface area contributed by atoms with Gasteiger partial charge in [-0.05, 0) is 36.8 Å². The molecule has 0 saturated heterocycles. The fourth-order valence-electron chi connectivity index (χ4n) is 1.32. The third-order valence-electron chi connectivity index (χ3n) is 2.25. The van der Waals surface area contributed by atoms with Crippen LogP contribution in [0.4, 0.5) is 5.69 Å². The van der Waals surface area contributed by atoms with Crippen molar-refractivity contribution in [2.75, 3.05) is 32.6 Å². The molecule has 5 heteroatoms. The summed E-state index contributed by atoms with van der Waals surface area (Å²) in [5.41, 5.74) is 8.25. The van der Waals surface area contributed by atoms with Gasteiger partial charge >= 0.3 is 0 Å². The third-order valence-corrected chi connectivity index (χ3v) is 2.50. The molecule has 17 heavy (non-hydrogen) atoms. The van der Waals surface area contributed by atoms with Crippen LogP contribution in [0.15, 0.2) is 24.3 Å². The summed E-state index contributed by atoms with van der Waals surface area (Å²) < 4.78 is 0. The van der Waals surface area contributed by atoms with Gasteiger partial charge in [0.2, 0.25) is 0 Å². The van der Waals surface area contributed by atoms with Crippen molar-refractivity contribution in [3.8, 4) is 0 Å². The Labute approximate surface area is 108 Å². The first kappa shape index (κ1) is 13.7. The highest BCUT2D eigenvalue weighted by molar-refractivity contribution is 7.80. The van der Waals surface area contributed by atoms with E-state index in [9.17, 15) is 0 Å². The Bertz CT molecular complexity index is 365. The lowest BCUT2D eigenvalue weighted by Crippen LogP contribution is -3.06. The molecule has 0 saturated carbocycles. The molecule has 4 nitrogen and oxygen atoms in total. The van der Waals surface area contributed by atoms with Crippen molar-refractivity contribution in [2.24, 2.45) is 0 Å². The number of hydrazine groups is 1. The Hall–Kier alpha value is -1.33. The number of nitrogens with one attached hydrogen (secondary N) is 4. The molecular weight excluding hydrogens is 232 g/mol. The highest BCUT2D eigenvalue weighted by Gasteiger charge is 1.97. The Balaban J connectivity index is 2.24. The quantitative estimate of drug-likeness (QED) is 0.438. The average molecular weight is 253 g/mol. The van der Waals surface area contributed by atoms with Crippen LogP contribution in [0.25, 0.3) is 0 Å². The molecular formula is C12H21N4S+. The minimum absolute atomic E-state index is 0.618. The summed E-state index contributed by atoms with van der Waals surface area (Å²) in [6.07, 6.45) is 0. The first-order valence-corrected chi connectivity index (χ1v) is 6.14. The molecule has 0 aromatic heterocycles. The number of likely N-dealkylation sites (N-methyl/N-ethyl adjacent to an activating group) is 1. The Morgan fingerprint density at radius 2 is 2.12 bits per heavy atom. The number of aryl methyl sites for hydroxylation is 1. The van der Waals surface area contributed by atoms with Gasteiger partial charge < -0.3 is 10.2 Å². The first-order chi connectivity index (χ1) is 8.08. The Morgan fingerprint density at radius 1 is 1.35 bits per heavy atom. The van der Waals surface area contributed by atoms with Gasteiger partial charge in [0.15, 0.2) is 5.11 Å². The summed E-state index contributed by atoms with van der Waals surface area (Å²) in [6, 6.07) is 8.11. The van der Waals surface area contributed by atoms with Gasteiger partial charge in [0.25, 0.3) is 0 Å². The second kappa shape index (κ2) is 7.09. The zero-order valence-corrected chi connectivity index (χ0v) is 11.4. The number of quaternary nitrogens is 1. The lowest BCUT2D eigenvalue weighted by atomic mass is 10.2. The SMILES string of the molecule is Cc1cccc(NNC(=S)NCC[NH+](C)C)c1. The van der Waals surface area contributed by atoms with Gasteiger partial charge in [0.05, 0.1) is 32.9 Å². The number of hydrogen-bond acceptors (Lipinski definition) is 2. The minimum atomic E-state index is 0.618. The van der Waals surface area contributed by atoms with E-state index < -0.39 is 0 Å². The predicted molar refractivity (Wildman–Crippen MR) is 76.2 cm³/mol. The van der Waals surface area contributed by atoms with Gasteiger partial charge in [0.1, 0.15) is 0 Å². The van der Waals surface area contributed by atoms with Crippen LogP contribution in [0.3, 0.4) is 0 Å². The maximum atomic E-state index is 5.14. The molecule has 0 heterocycles. The summed E-state index contributed by atoms with van der Waals surface area (Å²) >= 11 is 5.14. The second-order valence-electron chi connectivity index (χ2n) is 4.33. The highest BCUT2D eigenvalue weighted by Crippen LogP contribution is 2.07. The predicted octanol–water partition coefficient (Wildman–Crippen LogP) is -0.0695. The van der Waals surface area contributed by atoms with E-state index in [1.807, 2.05) is 12.1 Å². The zero-order valence-electron chi connectivity index (χ0n) is 10.6. The van der Waals surface area contributed by atoms with Crippen LogP contribution in [0.5, 0.6) is 0 Å². The fourth-order valence-corrected chi connectivity index (χ4v) is 1.48. The fraction of sp³-hybridized carbons (Fsp3) is 0.417. The van der Waals surface area contributed by atoms with Gasteiger partial charge in [-0.3, -0.25) is 10.9 Å². The van der Waals surface area contributed by atoms with Gasteiger partial charge in [-0.2, -0.15) is 0 Å². The van der Waals surface area contributed by atoms with E-state index in [-0.39, 0.29) is 0 Å². The smallest absolute Gasteiger partial charge is 0.185 e. The highest BCUT2D eigenvalue weighted by atomic mass is 32.1. The van der Waals surface area contributed by atoms with Crippen molar-refractivity contribution >= 4 is 23.0 Å². The van der Waals surface area contributed by atoms with Crippen LogP contribution in [0.2, 0.25) is 0 Å². The average Bonchev–Trinajstić information content (AvgIpc) is 2.26. The van der Waals surface area contributed by atoms with E-state index in [0.717, 1.165) is 18.8 Å². The van der Waals surface area contributed by atoms with E-state index in [4.69, 9.17) is 12.2 Å². The largest absolute Gasteiger partial charge is 0.356 e. The molecule has 1 rings (SSSR count). The van der Waals surface area contributed by atoms with Crippen molar-refractivity contribution in [3.63, 3.8) is 0 Å². The molecule has 0 spiro atoms. The van der Waals surface area contributed by atoms with E-state index >= 15 is 0 Å². The van der Waals surface area contributed by atoms with Crippen LogP contribution in [0, 0.1) is 6.92 Å². The number of anilines is 1. The number of rotatable bonds is 5. The van der Waals surface area contributed by atoms with E-state index in [0.29, 0.717) is 5.11 Å². The summed E-state index contributed by atoms with van der Waals surface area (Å²) in [6.45, 7) is 3.96. The maximum absolute atomic E-state index is 5.14. The van der Waals surface area contributed by atoms with Crippen molar-refractivity contribution in [3.05, 3.63) is 29.8 Å². The molecule has 4 N–H and O–H groups in total. The number of hydrogen-bond donors (Lipinski definition) is 4. The van der Waals surface area contributed by atoms with Crippen LogP contribution >= 0.6 is 12.2 Å². The Kier molecular flexibility index (Phi) is 5.72. The van der Waals surface area contributed by atoms with Crippen molar-refractivity contribution < 1.29 is 4.90 Å². The number of benzene rings is 1. The molecule has 0 fully saturated rings. The summed E-state index contributed by atoms with van der Waals surface area (Å²) in [4.78, 5) is 1.40. The standard InChI is InChI=1S/C12H20N4S/c1-10-5-4-6-11(9-10)14-15-12(17)13-7-8-16(2)3/h4-6,9,14H,7-8H2,1-3H3,(H2,13,15,17)/p+1. The molecule has 94 valence electrons. The maximum Gasteiger partial charge on any atom is 0.185 e. The minimum Gasteiger partial charge on any atom is -0.356 e. The van der Waals surface area contributed by atoms with E-state index in [1.165, 1.54) is 10.5 Å². The van der Waals surface area contributed by atoms with E-state index in [2.05, 4.69) is 49.3 Å². The normalized spacial score (nSPS) is 10.1. The van der Waals surface area contributed by atoms with Crippen molar-refractivity contribution in [1.29, 1.82) is 0 Å². The molecule has 0 aliphatic rings. The summed E-state index contributed by atoms with van der Waals surface area (Å²) in [5.74, 6) is 0. The molecule has 0 unspecified atom stereocenters. The lowest BCUT2D eigenvalue weighted by Gasteiger charge is -2.13. The van der Waals surface area contributed by atoms with E-state index in [1.54, 1.807) is 0 Å². The molecule has 1 aromatic carbocycles. The van der Waals surface area contributed by atoms with Gasteiger partial charge in [-0.25, -0.2) is 0 Å². The second-order valence-corrected chi connectivity index (χ2v) is 4.74. The lowest BCUT2D eigenvalue weighted by molar-refractivity contribution is -0.856. The Morgan fingerprint density at radius 3 is 2.76 bits per heavy atom. The van der Waals surface area contributed by atoms with Crippen LogP contribution < -0.4 is 21.1 Å².